The third-order valence-electron chi connectivity index (χ3n) is 2.11. The Kier molecular flexibility index (Phi) is 3.13. The summed E-state index contributed by atoms with van der Waals surface area (Å²) in [5.74, 6) is -9.21. The summed E-state index contributed by atoms with van der Waals surface area (Å²) < 4.78 is 101. The molecule has 1 rings (SSSR count). The molecule has 0 saturated heterocycles. The second kappa shape index (κ2) is 3.92. The Balaban J connectivity index is 3.65. The molecule has 0 aromatic carbocycles. The van der Waals surface area contributed by atoms with E-state index in [1.807, 2.05) is 0 Å². The zero-order valence-corrected chi connectivity index (χ0v) is 7.86. The molecule has 0 amide bonds. The first-order valence-corrected chi connectivity index (χ1v) is 3.96. The number of halogens is 8. The molecule has 2 unspecified atom stereocenters. The summed E-state index contributed by atoms with van der Waals surface area (Å²) in [7, 11) is 0. The lowest BCUT2D eigenvalue weighted by Crippen LogP contribution is -2.52. The first-order valence-electron chi connectivity index (χ1n) is 3.96. The number of nitrogens with zero attached hydrogens (tertiary/aromatic N) is 1. The molecule has 0 saturated carbocycles. The van der Waals surface area contributed by atoms with Crippen molar-refractivity contribution in [2.45, 2.75) is 18.0 Å². The van der Waals surface area contributed by atoms with Crippen LogP contribution in [0.25, 0.3) is 0 Å². The monoisotopic (exact) mass is 283 g/mol. The molecular formula is C7HF8NO2. The van der Waals surface area contributed by atoms with E-state index in [4.69, 9.17) is 0 Å². The Bertz CT molecular complexity index is 467. The number of alkyl halides is 5. The molecule has 0 aromatic rings. The second-order valence-electron chi connectivity index (χ2n) is 3.15. The number of rotatable bonds is 1. The fourth-order valence-corrected chi connectivity index (χ4v) is 1.21. The lowest BCUT2D eigenvalue weighted by Gasteiger charge is -2.30. The maximum atomic E-state index is 13.2. The standard InChI is InChI=1S/C7HF8NO2/c8-1-2(9)4(10)6(12,7(13,14)15)5(11)3(1)16(17)18/h4H. The summed E-state index contributed by atoms with van der Waals surface area (Å²) in [5.41, 5.74) is -8.35. The molecule has 1 aliphatic carbocycles. The molecule has 102 valence electrons. The van der Waals surface area contributed by atoms with Gasteiger partial charge in [0.25, 0.3) is 5.67 Å². The normalized spacial score (nSPS) is 29.9. The van der Waals surface area contributed by atoms with Crippen molar-refractivity contribution >= 4 is 0 Å². The maximum Gasteiger partial charge on any atom is 0.432 e. The largest absolute Gasteiger partial charge is 0.432 e. The van der Waals surface area contributed by atoms with Gasteiger partial charge in [-0.25, -0.2) is 13.2 Å². The fourth-order valence-electron chi connectivity index (χ4n) is 1.21. The molecule has 0 N–H and O–H groups in total. The molecule has 0 bridgehead atoms. The van der Waals surface area contributed by atoms with Gasteiger partial charge in [-0.3, -0.25) is 10.1 Å². The molecule has 11 heteroatoms. The van der Waals surface area contributed by atoms with E-state index < -0.39 is 46.1 Å². The highest BCUT2D eigenvalue weighted by Crippen LogP contribution is 2.51. The summed E-state index contributed by atoms with van der Waals surface area (Å²) in [4.78, 5) is 7.94. The van der Waals surface area contributed by atoms with Crippen LogP contribution >= 0.6 is 0 Å². The summed E-state index contributed by atoms with van der Waals surface area (Å²) >= 11 is 0. The first kappa shape index (κ1) is 14.4. The minimum Gasteiger partial charge on any atom is -0.258 e. The van der Waals surface area contributed by atoms with Gasteiger partial charge in [0, 0.05) is 0 Å². The zero-order chi connectivity index (χ0) is 14.5. The Morgan fingerprint density at radius 2 is 1.67 bits per heavy atom. The van der Waals surface area contributed by atoms with Crippen LogP contribution in [0.1, 0.15) is 0 Å². The van der Waals surface area contributed by atoms with Gasteiger partial charge in [0.2, 0.25) is 17.8 Å². The zero-order valence-electron chi connectivity index (χ0n) is 7.86. The summed E-state index contributed by atoms with van der Waals surface area (Å²) in [6, 6.07) is 0. The Labute approximate surface area is 92.5 Å². The number of nitro groups is 1. The third kappa shape index (κ3) is 1.64. The quantitative estimate of drug-likeness (QED) is 0.421. The van der Waals surface area contributed by atoms with Gasteiger partial charge in [-0.15, -0.1) is 0 Å². The van der Waals surface area contributed by atoms with E-state index in [-0.39, 0.29) is 0 Å². The van der Waals surface area contributed by atoms with Crippen LogP contribution in [0.2, 0.25) is 0 Å². The van der Waals surface area contributed by atoms with Crippen molar-refractivity contribution in [1.29, 1.82) is 0 Å². The van der Waals surface area contributed by atoms with Gasteiger partial charge in [-0.1, -0.05) is 0 Å². The minimum atomic E-state index is -6.34. The van der Waals surface area contributed by atoms with Crippen LogP contribution in [0, 0.1) is 10.1 Å². The summed E-state index contributed by atoms with van der Waals surface area (Å²) in [6.45, 7) is 0. The van der Waals surface area contributed by atoms with Crippen molar-refractivity contribution in [3.05, 3.63) is 33.3 Å². The van der Waals surface area contributed by atoms with Crippen molar-refractivity contribution < 1.29 is 40.0 Å². The SMILES string of the molecule is O=[N+]([O-])C1=C(F)C(F)(C(F)(F)F)C(F)C(F)=C1F. The van der Waals surface area contributed by atoms with Crippen LogP contribution < -0.4 is 0 Å². The van der Waals surface area contributed by atoms with Crippen molar-refractivity contribution in [2.75, 3.05) is 0 Å². The molecule has 3 nitrogen and oxygen atoms in total. The van der Waals surface area contributed by atoms with Crippen LogP contribution in [0.5, 0.6) is 0 Å². The smallest absolute Gasteiger partial charge is 0.258 e. The topological polar surface area (TPSA) is 43.1 Å². The van der Waals surface area contributed by atoms with Crippen molar-refractivity contribution in [3.63, 3.8) is 0 Å². The third-order valence-corrected chi connectivity index (χ3v) is 2.11. The Morgan fingerprint density at radius 3 is 2.00 bits per heavy atom. The predicted octanol–water partition coefficient (Wildman–Crippen LogP) is 3.22. The minimum absolute atomic E-state index is 2.11. The molecule has 0 heterocycles. The Hall–Kier alpha value is -1.68. The molecule has 18 heavy (non-hydrogen) atoms. The van der Waals surface area contributed by atoms with E-state index in [1.165, 1.54) is 0 Å². The number of hydrogen-bond acceptors (Lipinski definition) is 2. The van der Waals surface area contributed by atoms with Gasteiger partial charge >= 0.3 is 11.9 Å². The number of hydrogen-bond donors (Lipinski definition) is 0. The van der Waals surface area contributed by atoms with Crippen LogP contribution in [0.15, 0.2) is 23.2 Å². The molecule has 0 aromatic heterocycles. The van der Waals surface area contributed by atoms with E-state index >= 15 is 0 Å². The first-order chi connectivity index (χ1) is 7.96. The van der Waals surface area contributed by atoms with Crippen LogP contribution in [0.3, 0.4) is 0 Å². The average Bonchev–Trinajstić information content (AvgIpc) is 2.21. The van der Waals surface area contributed by atoms with E-state index in [0.29, 0.717) is 0 Å². The fraction of sp³-hybridized carbons (Fsp3) is 0.429. The molecule has 0 spiro atoms. The highest BCUT2D eigenvalue weighted by Gasteiger charge is 2.71. The predicted molar refractivity (Wildman–Crippen MR) is 39.2 cm³/mol. The van der Waals surface area contributed by atoms with Crippen molar-refractivity contribution in [3.8, 4) is 0 Å². The van der Waals surface area contributed by atoms with Gasteiger partial charge in [0.1, 0.15) is 0 Å². The van der Waals surface area contributed by atoms with E-state index in [0.717, 1.165) is 0 Å². The summed E-state index contributed by atoms with van der Waals surface area (Å²) in [5, 5.41) is 10.1. The number of allylic oxidation sites excluding steroid dienone is 3. The van der Waals surface area contributed by atoms with Gasteiger partial charge < -0.3 is 0 Å². The van der Waals surface area contributed by atoms with Crippen molar-refractivity contribution in [2.24, 2.45) is 0 Å². The molecular weight excluding hydrogens is 282 g/mol. The van der Waals surface area contributed by atoms with Gasteiger partial charge in [0.05, 0.1) is 4.92 Å². The summed E-state index contributed by atoms with van der Waals surface area (Å²) in [6.07, 6.45) is -10.7. The van der Waals surface area contributed by atoms with E-state index in [1.54, 1.807) is 0 Å². The van der Waals surface area contributed by atoms with Crippen molar-refractivity contribution in [1.82, 2.24) is 0 Å². The highest BCUT2D eigenvalue weighted by molar-refractivity contribution is 5.40. The van der Waals surface area contributed by atoms with Crippen LogP contribution in [0.4, 0.5) is 35.1 Å². The maximum absolute atomic E-state index is 13.2. The van der Waals surface area contributed by atoms with E-state index in [9.17, 15) is 45.2 Å². The molecule has 1 aliphatic rings. The lowest BCUT2D eigenvalue weighted by molar-refractivity contribution is -0.428. The lowest BCUT2D eigenvalue weighted by atomic mass is 9.90. The molecule has 2 atom stereocenters. The van der Waals surface area contributed by atoms with Crippen LogP contribution in [-0.2, 0) is 0 Å². The Morgan fingerprint density at radius 1 is 1.22 bits per heavy atom. The highest BCUT2D eigenvalue weighted by atomic mass is 19.4. The van der Waals surface area contributed by atoms with Gasteiger partial charge in [-0.2, -0.15) is 22.0 Å². The molecule has 0 radical (unpaired) electrons. The second-order valence-corrected chi connectivity index (χ2v) is 3.15. The average molecular weight is 283 g/mol. The molecule has 0 fully saturated rings. The molecule has 0 aliphatic heterocycles. The van der Waals surface area contributed by atoms with E-state index in [2.05, 4.69) is 0 Å². The van der Waals surface area contributed by atoms with Gasteiger partial charge in [-0.05, 0) is 0 Å². The van der Waals surface area contributed by atoms with Crippen LogP contribution in [-0.4, -0.2) is 22.9 Å². The van der Waals surface area contributed by atoms with Gasteiger partial charge in [0.15, 0.2) is 5.83 Å².